The second-order valence-corrected chi connectivity index (χ2v) is 2.48. The van der Waals surface area contributed by atoms with E-state index in [2.05, 4.69) is 6.92 Å². The van der Waals surface area contributed by atoms with Crippen molar-refractivity contribution in [1.29, 1.82) is 0 Å². The lowest BCUT2D eigenvalue weighted by molar-refractivity contribution is 0.547. The SMILES string of the molecule is CCCCC(N)CCN.N. The first-order valence-corrected chi connectivity index (χ1v) is 3.77. The van der Waals surface area contributed by atoms with Crippen LogP contribution in [0.3, 0.4) is 0 Å². The first kappa shape index (κ1) is 12.5. The molecule has 3 heteroatoms. The summed E-state index contributed by atoms with van der Waals surface area (Å²) in [7, 11) is 0. The highest BCUT2D eigenvalue weighted by Crippen LogP contribution is 1.99. The summed E-state index contributed by atoms with van der Waals surface area (Å²) in [6.07, 6.45) is 4.58. The van der Waals surface area contributed by atoms with Gasteiger partial charge in [-0.05, 0) is 19.4 Å². The van der Waals surface area contributed by atoms with Crippen molar-refractivity contribution in [2.45, 2.75) is 38.6 Å². The van der Waals surface area contributed by atoms with Gasteiger partial charge in [0.15, 0.2) is 0 Å². The molecule has 10 heavy (non-hydrogen) atoms. The molecule has 0 bridgehead atoms. The average molecular weight is 147 g/mol. The van der Waals surface area contributed by atoms with E-state index >= 15 is 0 Å². The molecule has 0 aromatic carbocycles. The first-order chi connectivity index (χ1) is 4.31. The minimum Gasteiger partial charge on any atom is -0.344 e. The van der Waals surface area contributed by atoms with Crippen molar-refractivity contribution in [1.82, 2.24) is 6.15 Å². The summed E-state index contributed by atoms with van der Waals surface area (Å²) >= 11 is 0. The predicted octanol–water partition coefficient (Wildman–Crippen LogP) is 1.01. The van der Waals surface area contributed by atoms with Gasteiger partial charge in [0.2, 0.25) is 0 Å². The fraction of sp³-hybridized carbons (Fsp3) is 1.00. The zero-order valence-corrected chi connectivity index (χ0v) is 6.97. The number of nitrogens with two attached hydrogens (primary N) is 2. The monoisotopic (exact) mass is 147 g/mol. The molecule has 0 spiro atoms. The molecule has 0 aliphatic heterocycles. The van der Waals surface area contributed by atoms with Gasteiger partial charge < -0.3 is 17.6 Å². The molecule has 0 amide bonds. The van der Waals surface area contributed by atoms with Crippen molar-refractivity contribution < 1.29 is 0 Å². The van der Waals surface area contributed by atoms with Crippen LogP contribution in [0.1, 0.15) is 32.6 Å². The van der Waals surface area contributed by atoms with Crippen LogP contribution in [0.4, 0.5) is 0 Å². The van der Waals surface area contributed by atoms with E-state index in [-0.39, 0.29) is 6.15 Å². The molecule has 0 saturated heterocycles. The van der Waals surface area contributed by atoms with Crippen LogP contribution in [-0.2, 0) is 0 Å². The van der Waals surface area contributed by atoms with E-state index in [1.165, 1.54) is 12.8 Å². The molecular formula is C7H21N3. The molecule has 3 nitrogen and oxygen atoms in total. The first-order valence-electron chi connectivity index (χ1n) is 3.77. The summed E-state index contributed by atoms with van der Waals surface area (Å²) in [6.45, 7) is 2.90. The molecule has 0 aliphatic carbocycles. The van der Waals surface area contributed by atoms with Gasteiger partial charge in [-0.2, -0.15) is 0 Å². The van der Waals surface area contributed by atoms with E-state index in [0.29, 0.717) is 6.04 Å². The Balaban J connectivity index is 0. The van der Waals surface area contributed by atoms with Crippen molar-refractivity contribution in [3.05, 3.63) is 0 Å². The second-order valence-electron chi connectivity index (χ2n) is 2.48. The normalized spacial score (nSPS) is 12.3. The highest BCUT2D eigenvalue weighted by atomic mass is 14.6. The van der Waals surface area contributed by atoms with E-state index in [0.717, 1.165) is 19.4 Å². The van der Waals surface area contributed by atoms with Gasteiger partial charge in [0, 0.05) is 6.04 Å². The highest BCUT2D eigenvalue weighted by molar-refractivity contribution is 4.60. The Bertz CT molecular complexity index is 56.8. The fourth-order valence-corrected chi connectivity index (χ4v) is 0.825. The van der Waals surface area contributed by atoms with E-state index in [1.807, 2.05) is 0 Å². The maximum absolute atomic E-state index is 5.69. The number of hydrogen-bond acceptors (Lipinski definition) is 3. The molecule has 0 heterocycles. The molecule has 0 aliphatic rings. The average Bonchev–Trinajstić information content (AvgIpc) is 1.85. The van der Waals surface area contributed by atoms with E-state index < -0.39 is 0 Å². The van der Waals surface area contributed by atoms with Crippen molar-refractivity contribution in [3.8, 4) is 0 Å². The van der Waals surface area contributed by atoms with Crippen LogP contribution in [0.2, 0.25) is 0 Å². The van der Waals surface area contributed by atoms with Gasteiger partial charge in [-0.3, -0.25) is 0 Å². The van der Waals surface area contributed by atoms with Crippen LogP contribution in [0, 0.1) is 0 Å². The van der Waals surface area contributed by atoms with E-state index in [4.69, 9.17) is 11.5 Å². The lowest BCUT2D eigenvalue weighted by Crippen LogP contribution is -2.23. The molecule has 7 N–H and O–H groups in total. The quantitative estimate of drug-likeness (QED) is 0.542. The van der Waals surface area contributed by atoms with Crippen LogP contribution >= 0.6 is 0 Å². The van der Waals surface area contributed by atoms with Gasteiger partial charge in [0.25, 0.3) is 0 Å². The molecule has 64 valence electrons. The van der Waals surface area contributed by atoms with Gasteiger partial charge in [0.1, 0.15) is 0 Å². The molecule has 0 rings (SSSR count). The Kier molecular flexibility index (Phi) is 11.1. The molecule has 0 aromatic rings. The van der Waals surface area contributed by atoms with Crippen LogP contribution in [-0.4, -0.2) is 12.6 Å². The van der Waals surface area contributed by atoms with Crippen LogP contribution in [0.5, 0.6) is 0 Å². The maximum atomic E-state index is 5.69. The summed E-state index contributed by atoms with van der Waals surface area (Å²) in [5.41, 5.74) is 11.0. The van der Waals surface area contributed by atoms with Gasteiger partial charge >= 0.3 is 0 Å². The summed E-state index contributed by atoms with van der Waals surface area (Å²) in [6, 6.07) is 0.343. The van der Waals surface area contributed by atoms with Crippen molar-refractivity contribution in [2.75, 3.05) is 6.54 Å². The Morgan fingerprint density at radius 1 is 1.30 bits per heavy atom. The molecule has 0 fully saturated rings. The van der Waals surface area contributed by atoms with Crippen LogP contribution in [0.25, 0.3) is 0 Å². The smallest absolute Gasteiger partial charge is 0.00508 e. The number of rotatable bonds is 5. The third kappa shape index (κ3) is 7.88. The largest absolute Gasteiger partial charge is 0.344 e. The molecular weight excluding hydrogens is 126 g/mol. The van der Waals surface area contributed by atoms with Gasteiger partial charge in [0.05, 0.1) is 0 Å². The number of unbranched alkanes of at least 4 members (excludes halogenated alkanes) is 1. The van der Waals surface area contributed by atoms with Gasteiger partial charge in [-0.15, -0.1) is 0 Å². The summed E-state index contributed by atoms with van der Waals surface area (Å²) in [5.74, 6) is 0. The van der Waals surface area contributed by atoms with Crippen molar-refractivity contribution >= 4 is 0 Å². The van der Waals surface area contributed by atoms with Crippen molar-refractivity contribution in [2.24, 2.45) is 11.5 Å². The molecule has 0 radical (unpaired) electrons. The molecule has 1 atom stereocenters. The minimum atomic E-state index is 0. The zero-order chi connectivity index (χ0) is 7.11. The Hall–Kier alpha value is -0.120. The lowest BCUT2D eigenvalue weighted by Gasteiger charge is -2.07. The van der Waals surface area contributed by atoms with Crippen LogP contribution in [0.15, 0.2) is 0 Å². The fourth-order valence-electron chi connectivity index (χ4n) is 0.825. The standard InChI is InChI=1S/C7H18N2.H3N/c1-2-3-4-7(9)5-6-8;/h7H,2-6,8-9H2,1H3;1H3. The summed E-state index contributed by atoms with van der Waals surface area (Å²) in [5, 5.41) is 0. The second kappa shape index (κ2) is 8.88. The zero-order valence-electron chi connectivity index (χ0n) is 6.97. The highest BCUT2D eigenvalue weighted by Gasteiger charge is 1.97. The minimum absolute atomic E-state index is 0. The third-order valence-electron chi connectivity index (χ3n) is 1.47. The molecule has 1 unspecified atom stereocenters. The third-order valence-corrected chi connectivity index (χ3v) is 1.47. The van der Waals surface area contributed by atoms with E-state index in [1.54, 1.807) is 0 Å². The summed E-state index contributed by atoms with van der Waals surface area (Å²) in [4.78, 5) is 0. The summed E-state index contributed by atoms with van der Waals surface area (Å²) < 4.78 is 0. The van der Waals surface area contributed by atoms with Crippen molar-refractivity contribution in [3.63, 3.8) is 0 Å². The molecule has 0 saturated carbocycles. The number of hydrogen-bond donors (Lipinski definition) is 3. The van der Waals surface area contributed by atoms with Gasteiger partial charge in [-0.1, -0.05) is 19.8 Å². The predicted molar refractivity (Wildman–Crippen MR) is 46.2 cm³/mol. The maximum Gasteiger partial charge on any atom is 0.00508 e. The Morgan fingerprint density at radius 2 is 1.90 bits per heavy atom. The Labute approximate surface area is 63.7 Å². The van der Waals surface area contributed by atoms with Gasteiger partial charge in [-0.25, -0.2) is 0 Å². The van der Waals surface area contributed by atoms with E-state index in [9.17, 15) is 0 Å². The van der Waals surface area contributed by atoms with Crippen LogP contribution < -0.4 is 17.6 Å². The lowest BCUT2D eigenvalue weighted by atomic mass is 10.1. The molecule has 0 aromatic heterocycles. The topological polar surface area (TPSA) is 87.0 Å². The Morgan fingerprint density at radius 3 is 2.30 bits per heavy atom.